The maximum Gasteiger partial charge on any atom is 0.440 e. The second-order valence-electron chi connectivity index (χ2n) is 6.94. The lowest BCUT2D eigenvalue weighted by molar-refractivity contribution is 0.258. The Morgan fingerprint density at radius 2 is 1.80 bits per heavy atom. The van der Waals surface area contributed by atoms with Gasteiger partial charge in [-0.1, -0.05) is 48.0 Å². The SMILES string of the molecule is Cc1cc(Cl)ccc1-c1cccc(COc2ccc(Cn3oc(=O)[nH]c3=O)cc2)c1. The van der Waals surface area contributed by atoms with Crippen LogP contribution in [0, 0.1) is 6.92 Å². The number of aryl methyl sites for hydroxylation is 1. The van der Waals surface area contributed by atoms with E-state index < -0.39 is 11.4 Å². The normalized spacial score (nSPS) is 10.9. The van der Waals surface area contributed by atoms with E-state index >= 15 is 0 Å². The molecule has 1 N–H and O–H groups in total. The molecule has 0 spiro atoms. The molecule has 152 valence electrons. The van der Waals surface area contributed by atoms with Crippen LogP contribution in [0.1, 0.15) is 16.7 Å². The minimum atomic E-state index is -0.768. The van der Waals surface area contributed by atoms with Gasteiger partial charge in [0.1, 0.15) is 12.4 Å². The van der Waals surface area contributed by atoms with Gasteiger partial charge in [0.05, 0.1) is 6.54 Å². The fourth-order valence-corrected chi connectivity index (χ4v) is 3.45. The number of nitrogens with zero attached hydrogens (tertiary/aromatic N) is 1. The Hall–Kier alpha value is -3.51. The summed E-state index contributed by atoms with van der Waals surface area (Å²) in [5, 5.41) is 0.725. The van der Waals surface area contributed by atoms with Crippen molar-refractivity contribution in [2.45, 2.75) is 20.1 Å². The Morgan fingerprint density at radius 1 is 1.00 bits per heavy atom. The van der Waals surface area contributed by atoms with Crippen molar-refractivity contribution in [2.75, 3.05) is 0 Å². The highest BCUT2D eigenvalue weighted by atomic mass is 35.5. The summed E-state index contributed by atoms with van der Waals surface area (Å²) in [4.78, 5) is 24.6. The number of hydrogen-bond donors (Lipinski definition) is 1. The van der Waals surface area contributed by atoms with Gasteiger partial charge in [-0.25, -0.2) is 14.6 Å². The van der Waals surface area contributed by atoms with Crippen LogP contribution in [0.4, 0.5) is 0 Å². The molecule has 1 heterocycles. The predicted octanol–water partition coefficient (Wildman–Crippen LogP) is 4.39. The average Bonchev–Trinajstić information content (AvgIpc) is 3.04. The monoisotopic (exact) mass is 422 g/mol. The molecule has 3 aromatic carbocycles. The summed E-state index contributed by atoms with van der Waals surface area (Å²) in [6.45, 7) is 2.63. The molecular formula is C23H19ClN2O4. The smallest absolute Gasteiger partial charge is 0.440 e. The molecule has 1 aromatic heterocycles. The zero-order chi connectivity index (χ0) is 21.1. The summed E-state index contributed by atoms with van der Waals surface area (Å²) in [5.41, 5.74) is 4.65. The zero-order valence-corrected chi connectivity index (χ0v) is 17.0. The van der Waals surface area contributed by atoms with Gasteiger partial charge in [0, 0.05) is 5.02 Å². The van der Waals surface area contributed by atoms with Crippen LogP contribution in [-0.2, 0) is 13.2 Å². The zero-order valence-electron chi connectivity index (χ0n) is 16.2. The molecule has 7 heteroatoms. The number of benzene rings is 3. The first-order valence-electron chi connectivity index (χ1n) is 9.35. The second kappa shape index (κ2) is 8.47. The largest absolute Gasteiger partial charge is 0.489 e. The third kappa shape index (κ3) is 4.55. The molecule has 0 bridgehead atoms. The summed E-state index contributed by atoms with van der Waals surface area (Å²) >= 11 is 6.06. The van der Waals surface area contributed by atoms with Gasteiger partial charge in [-0.15, -0.1) is 4.74 Å². The number of ether oxygens (including phenoxy) is 1. The molecule has 0 aliphatic carbocycles. The minimum absolute atomic E-state index is 0.167. The van der Waals surface area contributed by atoms with Crippen LogP contribution in [-0.4, -0.2) is 9.72 Å². The summed E-state index contributed by atoms with van der Waals surface area (Å²) in [5.74, 6) is -0.0642. The summed E-state index contributed by atoms with van der Waals surface area (Å²) in [6, 6.07) is 21.3. The van der Waals surface area contributed by atoms with E-state index in [1.54, 1.807) is 0 Å². The summed E-state index contributed by atoms with van der Waals surface area (Å²) in [7, 11) is 0. The number of H-pyrrole nitrogens is 1. The van der Waals surface area contributed by atoms with Crippen LogP contribution in [0.15, 0.2) is 80.8 Å². The number of rotatable bonds is 6. The molecule has 4 rings (SSSR count). The van der Waals surface area contributed by atoms with Crippen molar-refractivity contribution in [3.8, 4) is 16.9 Å². The quantitative estimate of drug-likeness (QED) is 0.500. The van der Waals surface area contributed by atoms with Crippen LogP contribution in [0.5, 0.6) is 5.75 Å². The molecule has 0 aliphatic rings. The Bertz CT molecular complexity index is 1290. The third-order valence-electron chi connectivity index (χ3n) is 4.71. The van der Waals surface area contributed by atoms with Gasteiger partial charge in [0.2, 0.25) is 0 Å². The van der Waals surface area contributed by atoms with Crippen LogP contribution in [0.2, 0.25) is 5.02 Å². The van der Waals surface area contributed by atoms with Crippen molar-refractivity contribution in [1.29, 1.82) is 0 Å². The van der Waals surface area contributed by atoms with Crippen molar-refractivity contribution in [2.24, 2.45) is 0 Å². The number of aromatic amines is 1. The lowest BCUT2D eigenvalue weighted by atomic mass is 9.99. The van der Waals surface area contributed by atoms with Gasteiger partial charge in [0.25, 0.3) is 0 Å². The molecule has 0 aliphatic heterocycles. The molecule has 0 saturated heterocycles. The van der Waals surface area contributed by atoms with E-state index in [0.717, 1.165) is 37.6 Å². The van der Waals surface area contributed by atoms with Gasteiger partial charge in [-0.05, 0) is 65.1 Å². The Kier molecular flexibility index (Phi) is 5.59. The fourth-order valence-electron chi connectivity index (χ4n) is 3.22. The molecular weight excluding hydrogens is 404 g/mol. The van der Waals surface area contributed by atoms with E-state index in [0.29, 0.717) is 12.4 Å². The van der Waals surface area contributed by atoms with E-state index in [1.807, 2.05) is 61.5 Å². The van der Waals surface area contributed by atoms with E-state index in [1.165, 1.54) is 0 Å². The topological polar surface area (TPSA) is 77.2 Å². The van der Waals surface area contributed by atoms with E-state index in [9.17, 15) is 9.59 Å². The maximum absolute atomic E-state index is 11.5. The second-order valence-corrected chi connectivity index (χ2v) is 7.37. The third-order valence-corrected chi connectivity index (χ3v) is 4.95. The predicted molar refractivity (Wildman–Crippen MR) is 115 cm³/mol. The van der Waals surface area contributed by atoms with Gasteiger partial charge < -0.3 is 9.26 Å². The highest BCUT2D eigenvalue weighted by Gasteiger charge is 2.06. The first-order valence-corrected chi connectivity index (χ1v) is 9.73. The molecule has 0 unspecified atom stereocenters. The number of nitrogens with one attached hydrogen (secondary N) is 1. The summed E-state index contributed by atoms with van der Waals surface area (Å²) < 4.78 is 11.6. The van der Waals surface area contributed by atoms with Gasteiger partial charge in [-0.3, -0.25) is 0 Å². The summed E-state index contributed by atoms with van der Waals surface area (Å²) in [6.07, 6.45) is 0. The maximum atomic E-state index is 11.5. The van der Waals surface area contributed by atoms with Gasteiger partial charge in [-0.2, -0.15) is 0 Å². The van der Waals surface area contributed by atoms with E-state index in [4.69, 9.17) is 20.9 Å². The number of aromatic nitrogens is 2. The van der Waals surface area contributed by atoms with Gasteiger partial charge in [0.15, 0.2) is 0 Å². The molecule has 0 fully saturated rings. The molecule has 0 radical (unpaired) electrons. The fraction of sp³-hybridized carbons (Fsp3) is 0.130. The Morgan fingerprint density at radius 3 is 2.50 bits per heavy atom. The highest BCUT2D eigenvalue weighted by molar-refractivity contribution is 6.30. The van der Waals surface area contributed by atoms with Crippen molar-refractivity contribution >= 4 is 11.6 Å². The van der Waals surface area contributed by atoms with Gasteiger partial charge >= 0.3 is 11.4 Å². The number of halogens is 1. The molecule has 0 amide bonds. The van der Waals surface area contributed by atoms with Crippen molar-refractivity contribution in [3.05, 3.63) is 109 Å². The highest BCUT2D eigenvalue weighted by Crippen LogP contribution is 2.27. The number of hydrogen-bond acceptors (Lipinski definition) is 4. The molecule has 4 aromatic rings. The Balaban J connectivity index is 1.43. The van der Waals surface area contributed by atoms with Crippen molar-refractivity contribution in [1.82, 2.24) is 9.72 Å². The van der Waals surface area contributed by atoms with E-state index in [-0.39, 0.29) is 6.54 Å². The lowest BCUT2D eigenvalue weighted by Crippen LogP contribution is -2.17. The first kappa shape index (κ1) is 19.8. The van der Waals surface area contributed by atoms with Crippen LogP contribution in [0.3, 0.4) is 0 Å². The lowest BCUT2D eigenvalue weighted by Gasteiger charge is -2.10. The van der Waals surface area contributed by atoms with E-state index in [2.05, 4.69) is 17.1 Å². The molecule has 0 atom stereocenters. The molecule has 0 saturated carbocycles. The van der Waals surface area contributed by atoms with Crippen molar-refractivity contribution < 1.29 is 9.26 Å². The van der Waals surface area contributed by atoms with Crippen molar-refractivity contribution in [3.63, 3.8) is 0 Å². The minimum Gasteiger partial charge on any atom is -0.489 e. The van der Waals surface area contributed by atoms with Crippen LogP contribution in [0.25, 0.3) is 11.1 Å². The standard InChI is InChI=1S/C23H19ClN2O4/c1-15-11-19(24)7-10-21(15)18-4-2-3-17(12-18)14-29-20-8-5-16(6-9-20)13-26-22(27)25-23(28)30-26/h2-12H,13-14H2,1H3,(H,25,27,28). The average molecular weight is 423 g/mol. The molecule has 30 heavy (non-hydrogen) atoms. The van der Waals surface area contributed by atoms with Crippen LogP contribution >= 0.6 is 11.6 Å². The first-order chi connectivity index (χ1) is 14.5. The van der Waals surface area contributed by atoms with Crippen LogP contribution < -0.4 is 16.2 Å². The molecule has 6 nitrogen and oxygen atoms in total. The Labute approximate surface area is 177 Å².